The van der Waals surface area contributed by atoms with E-state index in [1.807, 2.05) is 30.3 Å². The van der Waals surface area contributed by atoms with E-state index in [2.05, 4.69) is 5.32 Å². The smallest absolute Gasteiger partial charge is 0.331 e. The van der Waals surface area contributed by atoms with Gasteiger partial charge in [-0.25, -0.2) is 4.79 Å². The highest BCUT2D eigenvalue weighted by Gasteiger charge is 2.17. The number of hydrogen-bond donors (Lipinski definition) is 1. The van der Waals surface area contributed by atoms with Gasteiger partial charge in [0.1, 0.15) is 23.9 Å². The molecule has 0 aliphatic rings. The van der Waals surface area contributed by atoms with Crippen LogP contribution in [0, 0.1) is 0 Å². The molecule has 0 saturated heterocycles. The van der Waals surface area contributed by atoms with E-state index >= 15 is 0 Å². The van der Waals surface area contributed by atoms with Crippen LogP contribution in [0.15, 0.2) is 103 Å². The third-order valence-electron chi connectivity index (χ3n) is 5.50. The third kappa shape index (κ3) is 8.37. The molecule has 1 atom stereocenters. The highest BCUT2D eigenvalue weighted by molar-refractivity contribution is 6.35. The number of ether oxygens (including phenoxy) is 3. The van der Waals surface area contributed by atoms with Gasteiger partial charge in [0.25, 0.3) is 5.91 Å². The first-order valence-corrected chi connectivity index (χ1v) is 12.8. The molecule has 1 N–H and O–H groups in total. The molecular formula is C31H25Cl2NO5. The quantitative estimate of drug-likeness (QED) is 0.157. The van der Waals surface area contributed by atoms with E-state index in [0.717, 1.165) is 5.56 Å². The number of amides is 1. The molecule has 8 heteroatoms. The normalized spacial score (nSPS) is 11.6. The van der Waals surface area contributed by atoms with Gasteiger partial charge >= 0.3 is 5.97 Å². The predicted octanol–water partition coefficient (Wildman–Crippen LogP) is 7.95. The van der Waals surface area contributed by atoms with E-state index in [-0.39, 0.29) is 6.61 Å². The van der Waals surface area contributed by atoms with Crippen LogP contribution in [0.3, 0.4) is 0 Å². The van der Waals surface area contributed by atoms with Crippen molar-refractivity contribution in [3.63, 3.8) is 0 Å². The monoisotopic (exact) mass is 561 g/mol. The molecule has 0 heterocycles. The van der Waals surface area contributed by atoms with Crippen molar-refractivity contribution in [2.75, 3.05) is 5.32 Å². The zero-order valence-electron chi connectivity index (χ0n) is 21.0. The van der Waals surface area contributed by atoms with Crippen molar-refractivity contribution in [2.24, 2.45) is 0 Å². The molecule has 4 aromatic rings. The van der Waals surface area contributed by atoms with Crippen LogP contribution in [0.2, 0.25) is 10.0 Å². The molecule has 0 fully saturated rings. The Morgan fingerprint density at radius 1 is 0.795 bits per heavy atom. The van der Waals surface area contributed by atoms with Gasteiger partial charge in [-0.15, -0.1) is 0 Å². The number of anilines is 1. The van der Waals surface area contributed by atoms with Gasteiger partial charge in [-0.1, -0.05) is 59.6 Å². The van der Waals surface area contributed by atoms with Crippen molar-refractivity contribution >= 4 is 46.8 Å². The topological polar surface area (TPSA) is 73.9 Å². The zero-order valence-corrected chi connectivity index (χ0v) is 22.5. The lowest BCUT2D eigenvalue weighted by atomic mass is 10.2. The number of halogens is 2. The van der Waals surface area contributed by atoms with Crippen LogP contribution < -0.4 is 14.8 Å². The van der Waals surface area contributed by atoms with Crippen molar-refractivity contribution in [3.05, 3.63) is 124 Å². The van der Waals surface area contributed by atoms with Gasteiger partial charge in [-0.2, -0.15) is 0 Å². The number of esters is 1. The van der Waals surface area contributed by atoms with Crippen LogP contribution >= 0.6 is 23.2 Å². The van der Waals surface area contributed by atoms with Gasteiger partial charge in [-0.05, 0) is 79.2 Å². The Bertz CT molecular complexity index is 1420. The predicted molar refractivity (Wildman–Crippen MR) is 153 cm³/mol. The highest BCUT2D eigenvalue weighted by Crippen LogP contribution is 2.26. The second-order valence-corrected chi connectivity index (χ2v) is 9.21. The fraction of sp³-hybridized carbons (Fsp3) is 0.0968. The summed E-state index contributed by atoms with van der Waals surface area (Å²) in [6.07, 6.45) is 1.86. The van der Waals surface area contributed by atoms with Crippen LogP contribution in [0.1, 0.15) is 18.1 Å². The van der Waals surface area contributed by atoms with Gasteiger partial charge in [0.05, 0.1) is 0 Å². The highest BCUT2D eigenvalue weighted by atomic mass is 35.5. The van der Waals surface area contributed by atoms with Crippen LogP contribution in [0.4, 0.5) is 5.69 Å². The minimum atomic E-state index is -0.991. The summed E-state index contributed by atoms with van der Waals surface area (Å²) >= 11 is 12.3. The number of carbonyl (C=O) groups excluding carboxylic acids is 2. The van der Waals surface area contributed by atoms with Gasteiger partial charge in [0.2, 0.25) is 0 Å². The minimum Gasteiger partial charge on any atom is -0.489 e. The first kappa shape index (κ1) is 27.8. The molecule has 0 bridgehead atoms. The van der Waals surface area contributed by atoms with Crippen LogP contribution in [0.5, 0.6) is 17.2 Å². The summed E-state index contributed by atoms with van der Waals surface area (Å²) in [5.74, 6) is 0.876. The molecule has 4 aromatic carbocycles. The molecule has 0 aliphatic heterocycles. The maximum absolute atomic E-state index is 12.5. The number of rotatable bonds is 10. The van der Waals surface area contributed by atoms with E-state index < -0.39 is 18.0 Å². The number of hydrogen-bond acceptors (Lipinski definition) is 5. The lowest BCUT2D eigenvalue weighted by Gasteiger charge is -2.13. The molecule has 4 rings (SSSR count). The van der Waals surface area contributed by atoms with Crippen molar-refractivity contribution < 1.29 is 23.8 Å². The van der Waals surface area contributed by atoms with Crippen molar-refractivity contribution in [1.82, 2.24) is 0 Å². The molecule has 6 nitrogen and oxygen atoms in total. The lowest BCUT2D eigenvalue weighted by molar-refractivity contribution is -0.148. The van der Waals surface area contributed by atoms with Gasteiger partial charge in [-0.3, -0.25) is 4.79 Å². The standard InChI is InChI=1S/C31H25Cl2NO5/c1-21(31(36)34-23-13-17-26(18-14-23)39-25-6-3-2-4-7-25)38-30(35)19-12-22-10-15-24(16-11-22)37-20-27-28(32)8-5-9-29(27)33/h2-19,21H,20H2,1H3,(H,34,36)/b19-12+. The van der Waals surface area contributed by atoms with E-state index in [0.29, 0.717) is 38.5 Å². The molecule has 0 aromatic heterocycles. The molecule has 198 valence electrons. The summed E-state index contributed by atoms with van der Waals surface area (Å²) in [6, 6.07) is 28.7. The molecule has 39 heavy (non-hydrogen) atoms. The number of carbonyl (C=O) groups is 2. The average Bonchev–Trinajstić information content (AvgIpc) is 2.94. The first-order chi connectivity index (χ1) is 18.9. The maximum atomic E-state index is 12.5. The molecule has 0 aliphatic carbocycles. The van der Waals surface area contributed by atoms with E-state index in [1.54, 1.807) is 72.8 Å². The molecular weight excluding hydrogens is 537 g/mol. The Morgan fingerprint density at radius 3 is 2.08 bits per heavy atom. The second-order valence-electron chi connectivity index (χ2n) is 8.40. The Morgan fingerprint density at radius 2 is 1.41 bits per heavy atom. The van der Waals surface area contributed by atoms with Crippen LogP contribution in [0.25, 0.3) is 6.08 Å². The third-order valence-corrected chi connectivity index (χ3v) is 6.21. The number of para-hydroxylation sites is 1. The van der Waals surface area contributed by atoms with Gasteiger partial charge in [0, 0.05) is 27.4 Å². The van der Waals surface area contributed by atoms with Crippen molar-refractivity contribution in [2.45, 2.75) is 19.6 Å². The van der Waals surface area contributed by atoms with Crippen LogP contribution in [-0.2, 0) is 20.9 Å². The number of nitrogens with one attached hydrogen (secondary N) is 1. The average molecular weight is 562 g/mol. The minimum absolute atomic E-state index is 0.228. The van der Waals surface area contributed by atoms with Gasteiger partial charge < -0.3 is 19.5 Å². The summed E-state index contributed by atoms with van der Waals surface area (Å²) < 4.78 is 16.7. The summed E-state index contributed by atoms with van der Waals surface area (Å²) in [4.78, 5) is 24.7. The number of benzene rings is 4. The van der Waals surface area contributed by atoms with Gasteiger partial charge in [0.15, 0.2) is 6.10 Å². The zero-order chi connectivity index (χ0) is 27.6. The molecule has 1 unspecified atom stereocenters. The largest absolute Gasteiger partial charge is 0.489 e. The molecule has 0 spiro atoms. The molecule has 0 saturated carbocycles. The fourth-order valence-corrected chi connectivity index (χ4v) is 3.91. The Labute approximate surface area is 236 Å². The summed E-state index contributed by atoms with van der Waals surface area (Å²) in [5, 5.41) is 3.80. The van der Waals surface area contributed by atoms with Crippen LogP contribution in [-0.4, -0.2) is 18.0 Å². The maximum Gasteiger partial charge on any atom is 0.331 e. The summed E-state index contributed by atoms with van der Waals surface area (Å²) in [7, 11) is 0. The van der Waals surface area contributed by atoms with E-state index in [4.69, 9.17) is 37.4 Å². The molecule has 0 radical (unpaired) electrons. The first-order valence-electron chi connectivity index (χ1n) is 12.1. The van der Waals surface area contributed by atoms with Crippen molar-refractivity contribution in [1.29, 1.82) is 0 Å². The van der Waals surface area contributed by atoms with Crippen molar-refractivity contribution in [3.8, 4) is 17.2 Å². The second kappa shape index (κ2) is 13.5. The lowest BCUT2D eigenvalue weighted by Crippen LogP contribution is -2.29. The fourth-order valence-electron chi connectivity index (χ4n) is 3.41. The van der Waals surface area contributed by atoms with E-state index in [1.165, 1.54) is 13.0 Å². The Hall–Kier alpha value is -4.26. The molecule has 1 amide bonds. The Balaban J connectivity index is 1.23. The SMILES string of the molecule is CC(OC(=O)/C=C/c1ccc(OCc2c(Cl)cccc2Cl)cc1)C(=O)Nc1ccc(Oc2ccccc2)cc1. The summed E-state index contributed by atoms with van der Waals surface area (Å²) in [5.41, 5.74) is 2.02. The Kier molecular flexibility index (Phi) is 9.62. The summed E-state index contributed by atoms with van der Waals surface area (Å²) in [6.45, 7) is 1.73. The van der Waals surface area contributed by atoms with E-state index in [9.17, 15) is 9.59 Å².